The molecule has 0 N–H and O–H groups in total. The van der Waals surface area contributed by atoms with Crippen molar-refractivity contribution in [3.8, 4) is 0 Å². The van der Waals surface area contributed by atoms with Gasteiger partial charge in [-0.2, -0.15) is 0 Å². The van der Waals surface area contributed by atoms with Crippen LogP contribution in [0.1, 0.15) is 90.2 Å². The van der Waals surface area contributed by atoms with Gasteiger partial charge < -0.3 is 19.6 Å². The Bertz CT molecular complexity index is 3230. The Kier molecular flexibility index (Phi) is 5.94. The highest BCUT2D eigenvalue weighted by Crippen LogP contribution is 2.63. The Hall–Kier alpha value is -6.07. The van der Waals surface area contributed by atoms with E-state index in [-0.39, 0.29) is 42.0 Å². The van der Waals surface area contributed by atoms with E-state index in [1.165, 1.54) is 157 Å². The third kappa shape index (κ3) is 3.49. The van der Waals surface area contributed by atoms with Crippen LogP contribution in [0.25, 0.3) is 0 Å². The second kappa shape index (κ2) is 11.0. The Morgan fingerprint density at radius 1 is 0.338 bits per heavy atom. The molecule has 0 amide bonds. The largest absolute Gasteiger partial charge is 0.335 e. The lowest BCUT2D eigenvalue weighted by Crippen LogP contribution is -2.71. The SMILES string of the molecule is CC12CCCCC1(C)N1c3ccc4c5c3B(c3ccccc3N5c3cccc5c3B4c3ccc4c6c3N5c3ccccc3B6c3cccc5c3N4C3(C)CCCCC53C)c3cccc2c31. The summed E-state index contributed by atoms with van der Waals surface area (Å²) in [6, 6.07) is 51.3. The summed E-state index contributed by atoms with van der Waals surface area (Å²) in [7, 11) is 0. The van der Waals surface area contributed by atoms with E-state index in [9.17, 15) is 0 Å². The smallest absolute Gasteiger partial charge is 0.252 e. The lowest BCUT2D eigenvalue weighted by Gasteiger charge is -2.55. The second-order valence-corrected chi connectivity index (χ2v) is 22.5. The third-order valence-electron chi connectivity index (χ3n) is 20.3. The van der Waals surface area contributed by atoms with Crippen LogP contribution in [0, 0.1) is 0 Å². The summed E-state index contributed by atoms with van der Waals surface area (Å²) in [5.74, 6) is 0. The summed E-state index contributed by atoms with van der Waals surface area (Å²) in [6.45, 7) is 10.8. The number of anilines is 10. The molecule has 7 aromatic carbocycles. The maximum Gasteiger partial charge on any atom is 0.252 e. The number of nitrogens with zero attached hydrogens (tertiary/aromatic N) is 4. The maximum atomic E-state index is 2.88. The van der Waals surface area contributed by atoms with Crippen molar-refractivity contribution in [1.29, 1.82) is 0 Å². The van der Waals surface area contributed by atoms with E-state index in [1.807, 2.05) is 0 Å². The molecule has 65 heavy (non-hydrogen) atoms. The van der Waals surface area contributed by atoms with E-state index in [0.717, 1.165) is 0 Å². The molecule has 0 aromatic heterocycles. The van der Waals surface area contributed by atoms with Gasteiger partial charge in [0.1, 0.15) is 0 Å². The van der Waals surface area contributed by atoms with Gasteiger partial charge >= 0.3 is 0 Å². The molecule has 2 saturated carbocycles. The minimum Gasteiger partial charge on any atom is -0.335 e. The van der Waals surface area contributed by atoms with Crippen molar-refractivity contribution in [2.45, 2.75) is 101 Å². The first-order valence-corrected chi connectivity index (χ1v) is 24.9. The first-order chi connectivity index (χ1) is 31.8. The zero-order valence-electron chi connectivity index (χ0n) is 37.8. The fourth-order valence-corrected chi connectivity index (χ4v) is 17.2. The zero-order valence-corrected chi connectivity index (χ0v) is 37.8. The number of benzene rings is 7. The van der Waals surface area contributed by atoms with Crippen molar-refractivity contribution in [2.24, 2.45) is 0 Å². The minimum absolute atomic E-state index is 0.00805. The van der Waals surface area contributed by atoms with Crippen LogP contribution >= 0.6 is 0 Å². The van der Waals surface area contributed by atoms with Crippen molar-refractivity contribution < 1.29 is 0 Å². The highest BCUT2D eigenvalue weighted by Gasteiger charge is 2.64. The molecular weight excluding hydrogens is 785 g/mol. The Balaban J connectivity index is 0.979. The molecular formula is C58H49B3N4. The van der Waals surface area contributed by atoms with Gasteiger partial charge in [-0.25, -0.2) is 0 Å². The Labute approximate surface area is 383 Å². The molecule has 0 spiro atoms. The maximum absolute atomic E-state index is 2.88. The van der Waals surface area contributed by atoms with Crippen LogP contribution < -0.4 is 68.8 Å². The van der Waals surface area contributed by atoms with E-state index in [2.05, 4.69) is 175 Å². The van der Waals surface area contributed by atoms with Gasteiger partial charge in [-0.05, 0) is 136 Å². The lowest BCUT2D eigenvalue weighted by molar-refractivity contribution is 0.195. The molecule has 4 nitrogen and oxygen atoms in total. The molecule has 8 heterocycles. The molecule has 310 valence electrons. The van der Waals surface area contributed by atoms with Gasteiger partial charge in [-0.3, -0.25) is 0 Å². The fourth-order valence-electron chi connectivity index (χ4n) is 17.2. The standard InChI is InChI=1S/C58H49B3N4/c1-55-30-9-11-32-57(55,3)64-46-28-26-40-53-49(46)59(38-20-13-16-34(55)51(38)64)36-18-5-7-22-42(36)62(53)44-24-15-25-45-48(44)61(40)41-27-29-47-50-54(41)63(45)43-23-8-6-19-37(43)60(50)39-21-14-17-35-52(39)65(47)58(4)33-12-10-31-56(35,58)2/h5-8,13-29H,9-12,30-33H2,1-4H3. The van der Waals surface area contributed by atoms with E-state index in [0.29, 0.717) is 0 Å². The highest BCUT2D eigenvalue weighted by atomic mass is 15.3. The van der Waals surface area contributed by atoms with Gasteiger partial charge in [0.2, 0.25) is 0 Å². The molecule has 7 heteroatoms. The van der Waals surface area contributed by atoms with Crippen LogP contribution in [0.4, 0.5) is 56.9 Å². The van der Waals surface area contributed by atoms with Gasteiger partial charge in [0.25, 0.3) is 20.1 Å². The zero-order chi connectivity index (χ0) is 42.7. The van der Waals surface area contributed by atoms with Crippen molar-refractivity contribution in [3.63, 3.8) is 0 Å². The highest BCUT2D eigenvalue weighted by molar-refractivity contribution is 7.06. The van der Waals surface area contributed by atoms with Crippen LogP contribution in [-0.4, -0.2) is 31.2 Å². The fraction of sp³-hybridized carbons (Fsp3) is 0.276. The average Bonchev–Trinajstić information content (AvgIpc) is 3.69. The minimum atomic E-state index is 0.00805. The van der Waals surface area contributed by atoms with E-state index >= 15 is 0 Å². The van der Waals surface area contributed by atoms with Gasteiger partial charge in [0.05, 0.1) is 11.1 Å². The van der Waals surface area contributed by atoms with Crippen molar-refractivity contribution in [3.05, 3.63) is 139 Å². The summed E-state index contributed by atoms with van der Waals surface area (Å²) in [6.07, 6.45) is 10.1. The van der Waals surface area contributed by atoms with Gasteiger partial charge in [0.15, 0.2) is 0 Å². The van der Waals surface area contributed by atoms with Crippen LogP contribution in [0.15, 0.2) is 127 Å². The van der Waals surface area contributed by atoms with Crippen LogP contribution in [0.3, 0.4) is 0 Å². The summed E-state index contributed by atoms with van der Waals surface area (Å²) >= 11 is 0. The molecule has 2 aliphatic carbocycles. The Morgan fingerprint density at radius 2 is 0.723 bits per heavy atom. The molecule has 4 atom stereocenters. The summed E-state index contributed by atoms with van der Waals surface area (Å²) in [4.78, 5) is 11.2. The normalized spacial score (nSPS) is 27.2. The molecule has 0 radical (unpaired) electrons. The molecule has 8 aliphatic heterocycles. The lowest BCUT2D eigenvalue weighted by atomic mass is 9.27. The summed E-state index contributed by atoms with van der Waals surface area (Å²) in [5.41, 5.74) is 30.6. The molecule has 10 aliphatic rings. The third-order valence-corrected chi connectivity index (χ3v) is 20.3. The monoisotopic (exact) mass is 834 g/mol. The van der Waals surface area contributed by atoms with E-state index in [1.54, 1.807) is 11.1 Å². The van der Waals surface area contributed by atoms with Crippen molar-refractivity contribution in [2.75, 3.05) is 19.6 Å². The number of para-hydroxylation sites is 4. The van der Waals surface area contributed by atoms with Crippen molar-refractivity contribution >= 4 is 126 Å². The van der Waals surface area contributed by atoms with Crippen LogP contribution in [-0.2, 0) is 10.8 Å². The molecule has 2 fully saturated rings. The number of fused-ring (bicyclic) bond motifs is 20. The first-order valence-electron chi connectivity index (χ1n) is 24.9. The van der Waals surface area contributed by atoms with Gasteiger partial charge in [-0.1, -0.05) is 131 Å². The summed E-state index contributed by atoms with van der Waals surface area (Å²) < 4.78 is 0. The van der Waals surface area contributed by atoms with E-state index < -0.39 is 0 Å². The second-order valence-electron chi connectivity index (χ2n) is 22.5. The van der Waals surface area contributed by atoms with E-state index in [4.69, 9.17) is 0 Å². The quantitative estimate of drug-likeness (QED) is 0.147. The molecule has 0 saturated heterocycles. The topological polar surface area (TPSA) is 13.0 Å². The first kappa shape index (κ1) is 35.2. The van der Waals surface area contributed by atoms with Crippen LogP contribution in [0.2, 0.25) is 0 Å². The van der Waals surface area contributed by atoms with Crippen LogP contribution in [0.5, 0.6) is 0 Å². The number of hydrogen-bond acceptors (Lipinski definition) is 4. The number of rotatable bonds is 0. The van der Waals surface area contributed by atoms with Gasteiger partial charge in [-0.15, -0.1) is 0 Å². The number of hydrogen-bond donors (Lipinski definition) is 0. The molecule has 0 bridgehead atoms. The molecule has 4 unspecified atom stereocenters. The predicted octanol–water partition coefficient (Wildman–Crippen LogP) is 7.54. The Morgan fingerprint density at radius 3 is 1.22 bits per heavy atom. The summed E-state index contributed by atoms with van der Waals surface area (Å²) in [5, 5.41) is 0. The average molecular weight is 834 g/mol. The predicted molar refractivity (Wildman–Crippen MR) is 275 cm³/mol. The van der Waals surface area contributed by atoms with Gasteiger partial charge in [0, 0.05) is 67.7 Å². The molecule has 17 rings (SSSR count). The van der Waals surface area contributed by atoms with Crippen molar-refractivity contribution in [1.82, 2.24) is 0 Å². The molecule has 7 aromatic rings.